The molecule has 2 aromatic rings. The van der Waals surface area contributed by atoms with Crippen molar-refractivity contribution in [1.29, 1.82) is 0 Å². The summed E-state index contributed by atoms with van der Waals surface area (Å²) in [6.07, 6.45) is 1.23. The van der Waals surface area contributed by atoms with Gasteiger partial charge in [-0.1, -0.05) is 18.2 Å². The highest BCUT2D eigenvalue weighted by atomic mass is 32.1. The van der Waals surface area contributed by atoms with Gasteiger partial charge in [-0.05, 0) is 42.9 Å². The number of hydrogen-bond acceptors (Lipinski definition) is 6. The van der Waals surface area contributed by atoms with Crippen molar-refractivity contribution in [2.24, 2.45) is 10.9 Å². The Morgan fingerprint density at radius 1 is 1.22 bits per heavy atom. The van der Waals surface area contributed by atoms with E-state index >= 15 is 0 Å². The maximum absolute atomic E-state index is 12.8. The lowest BCUT2D eigenvalue weighted by Gasteiger charge is -2.30. The van der Waals surface area contributed by atoms with Crippen LogP contribution in [0, 0.1) is 23.0 Å². The fraction of sp³-hybridized carbons (Fsp3) is 0.111. The first-order valence-corrected chi connectivity index (χ1v) is 8.32. The molecule has 1 N–H and O–H groups in total. The normalized spacial score (nSPS) is 17.3. The Bertz CT molecular complexity index is 975. The van der Waals surface area contributed by atoms with Gasteiger partial charge in [-0.15, -0.1) is 0 Å². The third kappa shape index (κ3) is 3.72. The highest BCUT2D eigenvalue weighted by Gasteiger charge is 2.38. The number of nitrogens with one attached hydrogen (secondary N) is 1. The van der Waals surface area contributed by atoms with Crippen LogP contribution in [0.15, 0.2) is 53.5 Å². The number of amides is 2. The number of nitrogens with zero attached hydrogens (tertiary/aromatic N) is 3. The van der Waals surface area contributed by atoms with E-state index in [-0.39, 0.29) is 10.8 Å². The molecule has 3 rings (SSSR count). The Kier molecular flexibility index (Phi) is 5.04. The van der Waals surface area contributed by atoms with Crippen LogP contribution >= 0.6 is 12.2 Å². The van der Waals surface area contributed by atoms with E-state index in [9.17, 15) is 19.7 Å². The number of aryl methyl sites for hydroxylation is 1. The van der Waals surface area contributed by atoms with E-state index < -0.39 is 22.7 Å². The molecule has 9 heteroatoms. The third-order valence-electron chi connectivity index (χ3n) is 3.97. The number of anilines is 1. The maximum Gasteiger partial charge on any atom is 0.269 e. The number of aliphatic imine (C=N–C) groups is 1. The number of rotatable bonds is 4. The molecule has 0 bridgehead atoms. The number of nitro groups is 1. The van der Waals surface area contributed by atoms with Gasteiger partial charge < -0.3 is 5.32 Å². The molecule has 136 valence electrons. The molecular formula is C18H14N4O4S. The van der Waals surface area contributed by atoms with E-state index in [1.165, 1.54) is 29.3 Å². The summed E-state index contributed by atoms with van der Waals surface area (Å²) in [5, 5.41) is 13.3. The van der Waals surface area contributed by atoms with Crippen LogP contribution in [-0.2, 0) is 9.59 Å². The number of benzene rings is 2. The van der Waals surface area contributed by atoms with Crippen LogP contribution in [0.3, 0.4) is 0 Å². The predicted molar refractivity (Wildman–Crippen MR) is 104 cm³/mol. The van der Waals surface area contributed by atoms with Crippen molar-refractivity contribution in [3.63, 3.8) is 0 Å². The summed E-state index contributed by atoms with van der Waals surface area (Å²) in [4.78, 5) is 40.7. The zero-order valence-corrected chi connectivity index (χ0v) is 15.0. The van der Waals surface area contributed by atoms with Crippen molar-refractivity contribution in [3.05, 3.63) is 64.2 Å². The van der Waals surface area contributed by atoms with Gasteiger partial charge in [-0.2, -0.15) is 0 Å². The Morgan fingerprint density at radius 3 is 2.56 bits per heavy atom. The third-order valence-corrected chi connectivity index (χ3v) is 4.26. The molecule has 1 fully saturated rings. The fourth-order valence-electron chi connectivity index (χ4n) is 2.60. The van der Waals surface area contributed by atoms with Crippen LogP contribution in [0.4, 0.5) is 17.1 Å². The number of nitro benzene ring substituents is 1. The fourth-order valence-corrected chi connectivity index (χ4v) is 2.89. The van der Waals surface area contributed by atoms with Gasteiger partial charge in [0.2, 0.25) is 5.91 Å². The van der Waals surface area contributed by atoms with Gasteiger partial charge in [0.25, 0.3) is 11.6 Å². The quantitative estimate of drug-likeness (QED) is 0.288. The Hall–Kier alpha value is -3.46. The van der Waals surface area contributed by atoms with Crippen LogP contribution in [-0.4, -0.2) is 28.1 Å². The summed E-state index contributed by atoms with van der Waals surface area (Å²) in [6.45, 7) is 1.66. The minimum Gasteiger partial charge on any atom is -0.301 e. The van der Waals surface area contributed by atoms with Crippen molar-refractivity contribution in [2.45, 2.75) is 6.92 Å². The highest BCUT2D eigenvalue weighted by Crippen LogP contribution is 2.25. The predicted octanol–water partition coefficient (Wildman–Crippen LogP) is 2.67. The molecule has 0 spiro atoms. The van der Waals surface area contributed by atoms with Crippen LogP contribution in [0.25, 0.3) is 0 Å². The average molecular weight is 382 g/mol. The first-order valence-electron chi connectivity index (χ1n) is 7.91. The molecule has 2 amide bonds. The molecule has 1 saturated heterocycles. The first-order chi connectivity index (χ1) is 12.9. The molecule has 8 nitrogen and oxygen atoms in total. The van der Waals surface area contributed by atoms with E-state index in [1.54, 1.807) is 37.3 Å². The van der Waals surface area contributed by atoms with E-state index in [0.717, 1.165) is 0 Å². The number of carbonyl (C=O) groups is 2. The number of hydrogen-bond donors (Lipinski definition) is 1. The Balaban J connectivity index is 1.88. The zero-order chi connectivity index (χ0) is 19.6. The van der Waals surface area contributed by atoms with Gasteiger partial charge in [0.1, 0.15) is 0 Å². The largest absolute Gasteiger partial charge is 0.301 e. The summed E-state index contributed by atoms with van der Waals surface area (Å²) in [7, 11) is 0. The molecule has 1 heterocycles. The molecule has 0 radical (unpaired) electrons. The molecule has 0 aliphatic carbocycles. The van der Waals surface area contributed by atoms with Crippen LogP contribution in [0.5, 0.6) is 0 Å². The van der Waals surface area contributed by atoms with Gasteiger partial charge in [-0.25, -0.2) is 0 Å². The monoisotopic (exact) mass is 382 g/mol. The molecule has 0 saturated carbocycles. The molecular weight excluding hydrogens is 368 g/mol. The summed E-state index contributed by atoms with van der Waals surface area (Å²) < 4.78 is 0. The van der Waals surface area contributed by atoms with Gasteiger partial charge in [0, 0.05) is 18.3 Å². The maximum atomic E-state index is 12.8. The van der Waals surface area contributed by atoms with Crippen molar-refractivity contribution in [1.82, 2.24) is 5.32 Å². The standard InChI is InChI=1S/C18H14N4O4S/c1-11-9-13(22(25)26)7-8-15(11)19-10-14-16(23)20-18(27)21(17(14)24)12-5-3-2-4-6-12/h2-10,14H,1H3,(H,20,23,27)/t14-/m0/s1. The van der Waals surface area contributed by atoms with E-state index in [1.807, 2.05) is 0 Å². The van der Waals surface area contributed by atoms with E-state index in [4.69, 9.17) is 12.2 Å². The summed E-state index contributed by atoms with van der Waals surface area (Å²) in [5.74, 6) is -2.25. The minimum absolute atomic E-state index is 0.00682. The van der Waals surface area contributed by atoms with Gasteiger partial charge in [0.15, 0.2) is 11.0 Å². The molecule has 1 aliphatic rings. The average Bonchev–Trinajstić information content (AvgIpc) is 2.63. The molecule has 2 aromatic carbocycles. The first kappa shape index (κ1) is 18.3. The molecule has 27 heavy (non-hydrogen) atoms. The van der Waals surface area contributed by atoms with Gasteiger partial charge in [-0.3, -0.25) is 29.6 Å². The summed E-state index contributed by atoms with van der Waals surface area (Å²) >= 11 is 5.12. The second kappa shape index (κ2) is 7.42. The SMILES string of the molecule is Cc1cc([N+](=O)[O-])ccc1N=C[C@H]1C(=O)NC(=S)N(c2ccccc2)C1=O. The Labute approximate surface area is 159 Å². The van der Waals surface area contributed by atoms with E-state index in [2.05, 4.69) is 10.3 Å². The zero-order valence-electron chi connectivity index (χ0n) is 14.2. The number of carbonyl (C=O) groups excluding carboxylic acids is 2. The number of para-hydroxylation sites is 1. The van der Waals surface area contributed by atoms with Gasteiger partial charge in [0.05, 0.1) is 16.3 Å². The highest BCUT2D eigenvalue weighted by molar-refractivity contribution is 7.80. The van der Waals surface area contributed by atoms with Crippen molar-refractivity contribution < 1.29 is 14.5 Å². The second-order valence-corrected chi connectivity index (χ2v) is 6.17. The lowest BCUT2D eigenvalue weighted by molar-refractivity contribution is -0.384. The minimum atomic E-state index is -1.16. The second-order valence-electron chi connectivity index (χ2n) is 5.79. The van der Waals surface area contributed by atoms with Crippen molar-refractivity contribution in [3.8, 4) is 0 Å². The molecule has 0 aromatic heterocycles. The van der Waals surface area contributed by atoms with Crippen LogP contribution < -0.4 is 10.2 Å². The molecule has 0 unspecified atom stereocenters. The van der Waals surface area contributed by atoms with Crippen molar-refractivity contribution >= 4 is 52.4 Å². The summed E-state index contributed by atoms with van der Waals surface area (Å²) in [5.41, 5.74) is 1.47. The van der Waals surface area contributed by atoms with E-state index in [0.29, 0.717) is 16.9 Å². The summed E-state index contributed by atoms with van der Waals surface area (Å²) in [6, 6.07) is 12.9. The number of non-ortho nitro benzene ring substituents is 1. The molecule has 1 aliphatic heterocycles. The van der Waals surface area contributed by atoms with Crippen molar-refractivity contribution in [2.75, 3.05) is 4.90 Å². The lowest BCUT2D eigenvalue weighted by Crippen LogP contribution is -2.58. The smallest absolute Gasteiger partial charge is 0.269 e. The Morgan fingerprint density at radius 2 is 1.93 bits per heavy atom. The van der Waals surface area contributed by atoms with Gasteiger partial charge >= 0.3 is 0 Å². The molecule has 1 atom stereocenters. The topological polar surface area (TPSA) is 105 Å². The van der Waals surface area contributed by atoms with Crippen LogP contribution in [0.1, 0.15) is 5.56 Å². The van der Waals surface area contributed by atoms with Crippen LogP contribution in [0.2, 0.25) is 0 Å². The lowest BCUT2D eigenvalue weighted by atomic mass is 10.1. The number of thiocarbonyl (C=S) groups is 1.